The lowest BCUT2D eigenvalue weighted by atomic mass is 9.99. The Morgan fingerprint density at radius 1 is 0.400 bits per heavy atom. The Balaban J connectivity index is 0.000000220. The molecule has 0 amide bonds. The highest BCUT2D eigenvalue weighted by Crippen LogP contribution is 2.29. The van der Waals surface area contributed by atoms with Crippen molar-refractivity contribution < 1.29 is 19.1 Å². The Hall–Kier alpha value is -4.18. The zero-order valence-electron chi connectivity index (χ0n) is 25.4. The summed E-state index contributed by atoms with van der Waals surface area (Å²) in [5.74, 6) is 3.40. The summed E-state index contributed by atoms with van der Waals surface area (Å²) in [4.78, 5) is 23.2. The number of carbonyl (C=O) groups is 2. The van der Waals surface area contributed by atoms with Gasteiger partial charge < -0.3 is 9.47 Å². The molecule has 40 heavy (non-hydrogen) atoms. The lowest BCUT2D eigenvalue weighted by Crippen LogP contribution is -2.00. The predicted molar refractivity (Wildman–Crippen MR) is 164 cm³/mol. The van der Waals surface area contributed by atoms with Crippen molar-refractivity contribution in [2.45, 2.75) is 69.2 Å². The quantitative estimate of drug-likeness (QED) is 0.230. The van der Waals surface area contributed by atoms with Crippen LogP contribution in [0.3, 0.4) is 0 Å². The van der Waals surface area contributed by atoms with E-state index in [2.05, 4.69) is 39.8 Å². The van der Waals surface area contributed by atoms with E-state index in [1.807, 2.05) is 76.2 Å². The van der Waals surface area contributed by atoms with Gasteiger partial charge in [-0.2, -0.15) is 0 Å². The fourth-order valence-electron chi connectivity index (χ4n) is 5.33. The van der Waals surface area contributed by atoms with E-state index in [0.29, 0.717) is 0 Å². The Morgan fingerprint density at radius 2 is 0.625 bits per heavy atom. The standard InChI is InChI=1S/2C18H20O2/c2*1-11-6-12(2)8-16(7-11)20-17-9-13(3)18(15(5)19)14(4)10-17/h2*6-10H,1-5H3. The Kier molecular flexibility index (Phi) is 9.70. The van der Waals surface area contributed by atoms with E-state index in [1.165, 1.54) is 22.3 Å². The van der Waals surface area contributed by atoms with E-state index in [-0.39, 0.29) is 11.6 Å². The molecule has 4 rings (SSSR count). The van der Waals surface area contributed by atoms with Crippen molar-refractivity contribution in [1.82, 2.24) is 0 Å². The van der Waals surface area contributed by atoms with Crippen LogP contribution in [0.5, 0.6) is 23.0 Å². The van der Waals surface area contributed by atoms with Crippen LogP contribution < -0.4 is 9.47 Å². The zero-order chi connectivity index (χ0) is 29.7. The number of hydrogen-bond donors (Lipinski definition) is 0. The number of ketones is 2. The molecule has 0 saturated carbocycles. The summed E-state index contributed by atoms with van der Waals surface area (Å²) < 4.78 is 11.9. The van der Waals surface area contributed by atoms with Gasteiger partial charge in [-0.05, 0) is 162 Å². The van der Waals surface area contributed by atoms with E-state index in [9.17, 15) is 9.59 Å². The third kappa shape index (κ3) is 7.92. The van der Waals surface area contributed by atoms with Gasteiger partial charge in [0.05, 0.1) is 0 Å². The van der Waals surface area contributed by atoms with Crippen molar-refractivity contribution in [2.24, 2.45) is 0 Å². The van der Waals surface area contributed by atoms with Gasteiger partial charge in [-0.1, -0.05) is 12.1 Å². The number of aryl methyl sites for hydroxylation is 8. The average molecular weight is 537 g/mol. The monoisotopic (exact) mass is 536 g/mol. The van der Waals surface area contributed by atoms with E-state index in [1.54, 1.807) is 13.8 Å². The van der Waals surface area contributed by atoms with Gasteiger partial charge in [0, 0.05) is 11.1 Å². The lowest BCUT2D eigenvalue weighted by molar-refractivity contribution is 0.100. The number of carbonyl (C=O) groups excluding carboxylic acids is 2. The van der Waals surface area contributed by atoms with Crippen LogP contribution in [-0.4, -0.2) is 11.6 Å². The molecular formula is C36H40O4. The van der Waals surface area contributed by atoms with E-state index in [0.717, 1.165) is 56.4 Å². The van der Waals surface area contributed by atoms with Crippen molar-refractivity contribution in [2.75, 3.05) is 0 Å². The SMILES string of the molecule is CC(=O)c1c(C)cc(Oc2cc(C)cc(C)c2)cc1C.CC(=O)c1c(C)cc(Oc2cc(C)cc(C)c2)cc1C. The number of Topliss-reactive ketones (excluding diaryl/α,β-unsaturated/α-hetero) is 2. The smallest absolute Gasteiger partial charge is 0.160 e. The van der Waals surface area contributed by atoms with Crippen molar-refractivity contribution in [3.8, 4) is 23.0 Å². The molecule has 0 aromatic heterocycles. The first kappa shape index (κ1) is 30.4. The van der Waals surface area contributed by atoms with Crippen molar-refractivity contribution in [1.29, 1.82) is 0 Å². The first-order chi connectivity index (χ1) is 18.7. The fourth-order valence-corrected chi connectivity index (χ4v) is 5.33. The molecule has 0 spiro atoms. The number of benzene rings is 4. The molecule has 0 bridgehead atoms. The summed E-state index contributed by atoms with van der Waals surface area (Å²) in [5, 5.41) is 0. The first-order valence-corrected chi connectivity index (χ1v) is 13.5. The maximum absolute atomic E-state index is 11.6. The zero-order valence-corrected chi connectivity index (χ0v) is 25.4. The van der Waals surface area contributed by atoms with Crippen LogP contribution in [0.15, 0.2) is 60.7 Å². The minimum absolute atomic E-state index is 0.0953. The highest BCUT2D eigenvalue weighted by molar-refractivity contribution is 5.97. The Bertz CT molecular complexity index is 1370. The molecule has 0 N–H and O–H groups in total. The van der Waals surface area contributed by atoms with Gasteiger partial charge in [-0.15, -0.1) is 0 Å². The molecule has 4 nitrogen and oxygen atoms in total. The Morgan fingerprint density at radius 3 is 0.850 bits per heavy atom. The van der Waals surface area contributed by atoms with Crippen LogP contribution in [0, 0.1) is 55.4 Å². The highest BCUT2D eigenvalue weighted by atomic mass is 16.5. The molecule has 4 heteroatoms. The second kappa shape index (κ2) is 12.8. The maximum atomic E-state index is 11.6. The number of hydrogen-bond acceptors (Lipinski definition) is 4. The third-order valence-electron chi connectivity index (χ3n) is 6.58. The van der Waals surface area contributed by atoms with Gasteiger partial charge >= 0.3 is 0 Å². The molecular weight excluding hydrogens is 496 g/mol. The molecule has 0 radical (unpaired) electrons. The normalized spacial score (nSPS) is 10.4. The number of ether oxygens (including phenoxy) is 2. The van der Waals surface area contributed by atoms with Crippen LogP contribution in [0.1, 0.15) is 79.1 Å². The molecule has 4 aromatic carbocycles. The van der Waals surface area contributed by atoms with Crippen LogP contribution in [0.25, 0.3) is 0 Å². The number of rotatable bonds is 6. The topological polar surface area (TPSA) is 52.6 Å². The van der Waals surface area contributed by atoms with E-state index >= 15 is 0 Å². The van der Waals surface area contributed by atoms with E-state index in [4.69, 9.17) is 9.47 Å². The molecule has 208 valence electrons. The molecule has 0 unspecified atom stereocenters. The van der Waals surface area contributed by atoms with Gasteiger partial charge in [-0.25, -0.2) is 0 Å². The largest absolute Gasteiger partial charge is 0.457 e. The molecule has 0 aliphatic carbocycles. The van der Waals surface area contributed by atoms with Crippen molar-refractivity contribution >= 4 is 11.6 Å². The molecule has 0 saturated heterocycles. The van der Waals surface area contributed by atoms with Crippen LogP contribution in [0.2, 0.25) is 0 Å². The van der Waals surface area contributed by atoms with Gasteiger partial charge in [0.2, 0.25) is 0 Å². The molecule has 0 aliphatic heterocycles. The second-order valence-electron chi connectivity index (χ2n) is 10.8. The van der Waals surface area contributed by atoms with Crippen molar-refractivity contribution in [3.63, 3.8) is 0 Å². The van der Waals surface area contributed by atoms with Gasteiger partial charge in [0.25, 0.3) is 0 Å². The molecule has 0 heterocycles. The lowest BCUT2D eigenvalue weighted by Gasteiger charge is -2.12. The molecule has 0 aliphatic rings. The Labute approximate surface area is 239 Å². The molecule has 0 fully saturated rings. The fraction of sp³-hybridized carbons (Fsp3) is 0.278. The maximum Gasteiger partial charge on any atom is 0.160 e. The third-order valence-corrected chi connectivity index (χ3v) is 6.58. The van der Waals surface area contributed by atoms with Gasteiger partial charge in [0.1, 0.15) is 23.0 Å². The minimum atomic E-state index is 0.0953. The average Bonchev–Trinajstić information content (AvgIpc) is 2.76. The minimum Gasteiger partial charge on any atom is -0.457 e. The summed E-state index contributed by atoms with van der Waals surface area (Å²) >= 11 is 0. The highest BCUT2D eigenvalue weighted by Gasteiger charge is 2.12. The van der Waals surface area contributed by atoms with Crippen LogP contribution >= 0.6 is 0 Å². The van der Waals surface area contributed by atoms with E-state index < -0.39 is 0 Å². The predicted octanol–water partition coefficient (Wildman–Crippen LogP) is 9.83. The first-order valence-electron chi connectivity index (χ1n) is 13.5. The molecule has 4 aromatic rings. The summed E-state index contributed by atoms with van der Waals surface area (Å²) in [6, 6.07) is 19.9. The van der Waals surface area contributed by atoms with Crippen LogP contribution in [-0.2, 0) is 0 Å². The molecule has 0 atom stereocenters. The summed E-state index contributed by atoms with van der Waals surface area (Å²) in [5.41, 5.74) is 10.1. The second-order valence-corrected chi connectivity index (χ2v) is 10.8. The van der Waals surface area contributed by atoms with Gasteiger partial charge in [0.15, 0.2) is 11.6 Å². The van der Waals surface area contributed by atoms with Crippen molar-refractivity contribution in [3.05, 3.63) is 116 Å². The van der Waals surface area contributed by atoms with Gasteiger partial charge in [-0.3, -0.25) is 9.59 Å². The summed E-state index contributed by atoms with van der Waals surface area (Å²) in [6.07, 6.45) is 0. The van der Waals surface area contributed by atoms with Crippen LogP contribution in [0.4, 0.5) is 0 Å². The summed E-state index contributed by atoms with van der Waals surface area (Å²) in [7, 11) is 0. The summed E-state index contributed by atoms with van der Waals surface area (Å²) in [6.45, 7) is 19.2.